The molecule has 2 aromatic rings. The smallest absolute Gasteiger partial charge is 0.252 e. The molecule has 33 heavy (non-hydrogen) atoms. The third-order valence-electron chi connectivity index (χ3n) is 5.63. The predicted octanol–water partition coefficient (Wildman–Crippen LogP) is 2.04. The molecule has 4 rings (SSSR count). The quantitative estimate of drug-likeness (QED) is 0.303. The highest BCUT2D eigenvalue weighted by Gasteiger charge is 2.67. The van der Waals surface area contributed by atoms with Gasteiger partial charge in [0.15, 0.2) is 6.10 Å². The zero-order valence-electron chi connectivity index (χ0n) is 18.1. The first-order valence-electron chi connectivity index (χ1n) is 10.8. The van der Waals surface area contributed by atoms with Gasteiger partial charge >= 0.3 is 0 Å². The van der Waals surface area contributed by atoms with Gasteiger partial charge in [0.25, 0.3) is 5.91 Å². The molecule has 0 radical (unpaired) electrons. The number of nitrogens with zero attached hydrogens (tertiary/aromatic N) is 3. The molecule has 2 heterocycles. The van der Waals surface area contributed by atoms with Gasteiger partial charge in [-0.05, 0) is 16.7 Å². The molecule has 0 saturated carbocycles. The predicted molar refractivity (Wildman–Crippen MR) is 119 cm³/mol. The second-order valence-electron chi connectivity index (χ2n) is 7.88. The van der Waals surface area contributed by atoms with Gasteiger partial charge < -0.3 is 30.0 Å². The molecule has 174 valence electrons. The zero-order valence-corrected chi connectivity index (χ0v) is 18.1. The van der Waals surface area contributed by atoms with Crippen LogP contribution in [0.4, 0.5) is 0 Å². The van der Waals surface area contributed by atoms with Crippen molar-refractivity contribution in [2.75, 3.05) is 19.6 Å². The van der Waals surface area contributed by atoms with E-state index in [-0.39, 0.29) is 19.1 Å². The minimum Gasteiger partial charge on any atom is -0.368 e. The average Bonchev–Trinajstić information content (AvgIpc) is 3.38. The fourth-order valence-corrected chi connectivity index (χ4v) is 4.12. The molecule has 0 spiro atoms. The van der Waals surface area contributed by atoms with Gasteiger partial charge in [-0.2, -0.15) is 0 Å². The first-order chi connectivity index (χ1) is 16.2. The Labute approximate surface area is 191 Å². The molecule has 3 N–H and O–H groups in total. The molecule has 0 aromatic heterocycles. The van der Waals surface area contributed by atoms with E-state index in [4.69, 9.17) is 30.2 Å². The Hall–Kier alpha value is -2.98. The molecule has 2 bridgehead atoms. The number of hydrogen-bond acceptors (Lipinski definition) is 7. The van der Waals surface area contributed by atoms with Crippen LogP contribution in [-0.4, -0.2) is 55.7 Å². The van der Waals surface area contributed by atoms with Gasteiger partial charge in [0.1, 0.15) is 18.3 Å². The molecular formula is C23H27N5O5. The van der Waals surface area contributed by atoms with Crippen molar-refractivity contribution in [2.45, 2.75) is 43.4 Å². The molecule has 5 atom stereocenters. The van der Waals surface area contributed by atoms with Crippen LogP contribution in [0, 0.1) is 0 Å². The summed E-state index contributed by atoms with van der Waals surface area (Å²) in [4.78, 5) is 15.6. The lowest BCUT2D eigenvalue weighted by Gasteiger charge is -2.37. The summed E-state index contributed by atoms with van der Waals surface area (Å²) in [5, 5.41) is 6.41. The van der Waals surface area contributed by atoms with Crippen molar-refractivity contribution in [2.24, 2.45) is 10.8 Å². The van der Waals surface area contributed by atoms with Crippen molar-refractivity contribution in [1.82, 2.24) is 5.32 Å². The minimum atomic E-state index is -1.43. The van der Waals surface area contributed by atoms with E-state index in [1.54, 1.807) is 0 Å². The van der Waals surface area contributed by atoms with E-state index >= 15 is 0 Å². The Balaban J connectivity index is 1.58. The van der Waals surface area contributed by atoms with Crippen LogP contribution in [-0.2, 0) is 37.0 Å². The number of ether oxygens (including phenoxy) is 4. The SMILES string of the molecule is [N-]=[N+]=NC[C@]12O[C@H]([C@H](OCc3ccccc3)[C@H]1OCc1ccccc1)[C@@H](C(=O)NCCN)O2. The van der Waals surface area contributed by atoms with Gasteiger partial charge in [-0.1, -0.05) is 65.8 Å². The minimum absolute atomic E-state index is 0.161. The number of amides is 1. The Kier molecular flexibility index (Phi) is 7.56. The molecule has 0 aliphatic carbocycles. The first kappa shape index (κ1) is 23.2. The van der Waals surface area contributed by atoms with Crippen LogP contribution in [0.3, 0.4) is 0 Å². The second kappa shape index (κ2) is 10.8. The monoisotopic (exact) mass is 453 g/mol. The molecular weight excluding hydrogens is 426 g/mol. The van der Waals surface area contributed by atoms with Crippen molar-refractivity contribution in [3.63, 3.8) is 0 Å². The molecule has 10 heteroatoms. The molecule has 2 fully saturated rings. The number of nitrogens with two attached hydrogens (primary N) is 1. The molecule has 0 unspecified atom stereocenters. The summed E-state index contributed by atoms with van der Waals surface area (Å²) in [6.45, 7) is 1.01. The van der Waals surface area contributed by atoms with Crippen LogP contribution in [0.1, 0.15) is 11.1 Å². The van der Waals surface area contributed by atoms with Crippen LogP contribution in [0.5, 0.6) is 0 Å². The van der Waals surface area contributed by atoms with Crippen molar-refractivity contribution < 1.29 is 23.7 Å². The van der Waals surface area contributed by atoms with Gasteiger partial charge in [0.05, 0.1) is 19.8 Å². The van der Waals surface area contributed by atoms with E-state index in [1.807, 2.05) is 60.7 Å². The molecule has 2 saturated heterocycles. The zero-order chi connectivity index (χ0) is 23.1. The number of nitrogens with one attached hydrogen (secondary N) is 1. The van der Waals surface area contributed by atoms with Crippen molar-refractivity contribution >= 4 is 5.91 Å². The number of benzene rings is 2. The second-order valence-corrected chi connectivity index (χ2v) is 7.88. The third-order valence-corrected chi connectivity index (χ3v) is 5.63. The normalized spacial score (nSPS) is 27.8. The summed E-state index contributed by atoms with van der Waals surface area (Å²) in [7, 11) is 0. The van der Waals surface area contributed by atoms with Crippen LogP contribution in [0.25, 0.3) is 10.4 Å². The summed E-state index contributed by atoms with van der Waals surface area (Å²) < 4.78 is 24.7. The Morgan fingerprint density at radius 1 is 1.06 bits per heavy atom. The Morgan fingerprint density at radius 3 is 2.30 bits per heavy atom. The lowest BCUT2D eigenvalue weighted by atomic mass is 9.96. The topological polar surface area (TPSA) is 141 Å². The number of rotatable bonds is 11. The van der Waals surface area contributed by atoms with Crippen molar-refractivity contribution in [3.05, 3.63) is 82.2 Å². The van der Waals surface area contributed by atoms with Crippen molar-refractivity contribution in [1.29, 1.82) is 0 Å². The molecule has 1 amide bonds. The highest BCUT2D eigenvalue weighted by Crippen LogP contribution is 2.46. The summed E-state index contributed by atoms with van der Waals surface area (Å²) >= 11 is 0. The van der Waals surface area contributed by atoms with Crippen LogP contribution in [0.15, 0.2) is 65.8 Å². The highest BCUT2D eigenvalue weighted by atomic mass is 16.8. The van der Waals surface area contributed by atoms with E-state index in [9.17, 15) is 4.79 Å². The lowest BCUT2D eigenvalue weighted by molar-refractivity contribution is -0.235. The maximum Gasteiger partial charge on any atom is 0.252 e. The average molecular weight is 453 g/mol. The Morgan fingerprint density at radius 2 is 1.70 bits per heavy atom. The lowest BCUT2D eigenvalue weighted by Crippen LogP contribution is -2.58. The van der Waals surface area contributed by atoms with Crippen LogP contribution >= 0.6 is 0 Å². The van der Waals surface area contributed by atoms with Crippen molar-refractivity contribution in [3.8, 4) is 0 Å². The number of azide groups is 1. The Bertz CT molecular complexity index is 972. The van der Waals surface area contributed by atoms with Crippen LogP contribution < -0.4 is 11.1 Å². The molecule has 2 aliphatic rings. The van der Waals surface area contributed by atoms with E-state index < -0.39 is 30.2 Å². The number of fused-ring (bicyclic) bond motifs is 2. The molecule has 2 aromatic carbocycles. The van der Waals surface area contributed by atoms with Crippen LogP contribution in [0.2, 0.25) is 0 Å². The summed E-state index contributed by atoms with van der Waals surface area (Å²) in [5.41, 5.74) is 16.4. The highest BCUT2D eigenvalue weighted by molar-refractivity contribution is 5.82. The number of carbonyl (C=O) groups excluding carboxylic acids is 1. The van der Waals surface area contributed by atoms with Gasteiger partial charge in [0, 0.05) is 18.0 Å². The standard InChI is InChI=1S/C23H27N5O5/c24-11-12-26-22(29)20-18-19(30-13-16-7-3-1-4-8-16)21(23(32-18,33-20)15-27-28-25)31-14-17-9-5-2-6-10-17/h1-10,18-21H,11-15,24H2,(H,26,29)/t18-,19+,20+,21-,23-/m1/s1. The molecule has 10 nitrogen and oxygen atoms in total. The maximum absolute atomic E-state index is 12.7. The van der Waals surface area contributed by atoms with Gasteiger partial charge in [-0.3, -0.25) is 4.79 Å². The fraction of sp³-hybridized carbons (Fsp3) is 0.435. The number of hydrogen-bond donors (Lipinski definition) is 2. The summed E-state index contributed by atoms with van der Waals surface area (Å²) in [6.07, 6.45) is -3.01. The van der Waals surface area contributed by atoms with Gasteiger partial charge in [-0.15, -0.1) is 0 Å². The first-order valence-corrected chi connectivity index (χ1v) is 10.8. The van der Waals surface area contributed by atoms with E-state index in [0.29, 0.717) is 19.7 Å². The maximum atomic E-state index is 12.7. The van der Waals surface area contributed by atoms with E-state index in [2.05, 4.69) is 15.3 Å². The summed E-state index contributed by atoms with van der Waals surface area (Å²) in [5.74, 6) is -1.79. The van der Waals surface area contributed by atoms with E-state index in [0.717, 1.165) is 11.1 Å². The largest absolute Gasteiger partial charge is 0.368 e. The molecule has 2 aliphatic heterocycles. The fourth-order valence-electron chi connectivity index (χ4n) is 4.12. The number of carbonyl (C=O) groups is 1. The van der Waals surface area contributed by atoms with Gasteiger partial charge in [0.2, 0.25) is 5.79 Å². The third kappa shape index (κ3) is 5.17. The van der Waals surface area contributed by atoms with E-state index in [1.165, 1.54) is 0 Å². The van der Waals surface area contributed by atoms with Gasteiger partial charge in [-0.25, -0.2) is 0 Å². The summed E-state index contributed by atoms with van der Waals surface area (Å²) in [6, 6.07) is 19.3.